The van der Waals surface area contributed by atoms with Crippen LogP contribution in [-0.4, -0.2) is 57.5 Å². The first kappa shape index (κ1) is 29.2. The van der Waals surface area contributed by atoms with Gasteiger partial charge in [0.15, 0.2) is 11.5 Å². The van der Waals surface area contributed by atoms with E-state index in [0.717, 1.165) is 16.4 Å². The number of sulfonamides is 1. The van der Waals surface area contributed by atoms with Gasteiger partial charge in [-0.15, -0.1) is 0 Å². The molecule has 0 aliphatic carbocycles. The van der Waals surface area contributed by atoms with E-state index < -0.39 is 40.2 Å². The van der Waals surface area contributed by atoms with Crippen molar-refractivity contribution < 1.29 is 31.9 Å². The molecule has 0 bridgehead atoms. The molecule has 0 fully saturated rings. The summed E-state index contributed by atoms with van der Waals surface area (Å²) in [5.41, 5.74) is 0.720. The van der Waals surface area contributed by atoms with Crippen molar-refractivity contribution >= 4 is 39.1 Å². The molecule has 1 heterocycles. The molecule has 12 heteroatoms. The Morgan fingerprint density at radius 3 is 2.40 bits per heavy atom. The lowest BCUT2D eigenvalue weighted by Gasteiger charge is -2.32. The average molecular weight is 590 g/mol. The Morgan fingerprint density at radius 2 is 1.73 bits per heavy atom. The van der Waals surface area contributed by atoms with Gasteiger partial charge in [0.05, 0.1) is 10.6 Å². The predicted octanol–water partition coefficient (Wildman–Crippen LogP) is 4.00. The molecule has 1 aliphatic rings. The summed E-state index contributed by atoms with van der Waals surface area (Å²) in [5.74, 6) is -0.965. The number of hydrogen-bond donors (Lipinski definition) is 1. The van der Waals surface area contributed by atoms with Gasteiger partial charge in [-0.2, -0.15) is 0 Å². The minimum absolute atomic E-state index is 0.000969. The Bertz CT molecular complexity index is 1490. The Labute approximate surface area is 237 Å². The number of amides is 2. The molecule has 0 radical (unpaired) electrons. The molecular formula is C28H29ClFN3O6S. The van der Waals surface area contributed by atoms with Crippen molar-refractivity contribution in [2.75, 3.05) is 30.6 Å². The zero-order valence-electron chi connectivity index (χ0n) is 22.0. The van der Waals surface area contributed by atoms with E-state index in [0.29, 0.717) is 29.5 Å². The maximum absolute atomic E-state index is 13.9. The second-order valence-electron chi connectivity index (χ2n) is 9.02. The van der Waals surface area contributed by atoms with Crippen LogP contribution >= 0.6 is 11.6 Å². The standard InChI is InChI=1S/C28H29ClFN3O6S/c1-3-31-28(35)19(2)32(17-20-5-4-6-21(29)15-20)27(34)18-33(23-9-7-22(30)8-10-23)40(36,37)24-11-12-25-26(16-24)39-14-13-38-25/h4-12,15-16,19H,3,13-14,17-18H2,1-2H3,(H,31,35). The maximum atomic E-state index is 13.9. The van der Waals surface area contributed by atoms with Crippen LogP contribution in [0.3, 0.4) is 0 Å². The molecule has 3 aromatic rings. The van der Waals surface area contributed by atoms with Crippen LogP contribution in [0.4, 0.5) is 10.1 Å². The van der Waals surface area contributed by atoms with Crippen molar-refractivity contribution in [1.29, 1.82) is 0 Å². The molecule has 0 aromatic heterocycles. The average Bonchev–Trinajstić information content (AvgIpc) is 2.94. The van der Waals surface area contributed by atoms with E-state index in [9.17, 15) is 22.4 Å². The highest BCUT2D eigenvalue weighted by Crippen LogP contribution is 2.34. The van der Waals surface area contributed by atoms with Crippen LogP contribution in [0.2, 0.25) is 5.02 Å². The van der Waals surface area contributed by atoms with Crippen molar-refractivity contribution in [3.63, 3.8) is 0 Å². The lowest BCUT2D eigenvalue weighted by Crippen LogP contribution is -2.51. The van der Waals surface area contributed by atoms with Crippen molar-refractivity contribution in [2.24, 2.45) is 0 Å². The summed E-state index contributed by atoms with van der Waals surface area (Å²) in [7, 11) is -4.36. The fourth-order valence-electron chi connectivity index (χ4n) is 4.18. The van der Waals surface area contributed by atoms with Crippen molar-refractivity contribution in [1.82, 2.24) is 10.2 Å². The normalized spacial score (nSPS) is 13.3. The maximum Gasteiger partial charge on any atom is 0.264 e. The molecule has 3 aromatic carbocycles. The zero-order valence-corrected chi connectivity index (χ0v) is 23.5. The van der Waals surface area contributed by atoms with Crippen LogP contribution in [-0.2, 0) is 26.2 Å². The number of fused-ring (bicyclic) bond motifs is 1. The van der Waals surface area contributed by atoms with Crippen LogP contribution in [0.15, 0.2) is 71.6 Å². The van der Waals surface area contributed by atoms with Crippen LogP contribution in [0.25, 0.3) is 0 Å². The summed E-state index contributed by atoms with van der Waals surface area (Å²) >= 11 is 6.13. The number of nitrogens with zero attached hydrogens (tertiary/aromatic N) is 2. The van der Waals surface area contributed by atoms with Gasteiger partial charge >= 0.3 is 0 Å². The smallest absolute Gasteiger partial charge is 0.264 e. The second-order valence-corrected chi connectivity index (χ2v) is 11.3. The largest absolute Gasteiger partial charge is 0.486 e. The van der Waals surface area contributed by atoms with E-state index in [1.165, 1.54) is 35.2 Å². The molecule has 1 atom stereocenters. The van der Waals surface area contributed by atoms with Crippen molar-refractivity contribution in [3.8, 4) is 11.5 Å². The number of carbonyl (C=O) groups excluding carboxylic acids is 2. The number of likely N-dealkylation sites (N-methyl/N-ethyl adjacent to an activating group) is 1. The zero-order chi connectivity index (χ0) is 28.9. The third-order valence-electron chi connectivity index (χ3n) is 6.26. The first-order chi connectivity index (χ1) is 19.1. The monoisotopic (exact) mass is 589 g/mol. The van der Waals surface area contributed by atoms with Crippen molar-refractivity contribution in [2.45, 2.75) is 31.3 Å². The third kappa shape index (κ3) is 6.65. The van der Waals surface area contributed by atoms with E-state index in [-0.39, 0.29) is 29.5 Å². The Morgan fingerprint density at radius 1 is 1.02 bits per heavy atom. The number of rotatable bonds is 10. The number of halogens is 2. The summed E-state index contributed by atoms with van der Waals surface area (Å²) < 4.78 is 53.6. The lowest BCUT2D eigenvalue weighted by atomic mass is 10.1. The summed E-state index contributed by atoms with van der Waals surface area (Å²) in [6.07, 6.45) is 0. The molecule has 40 heavy (non-hydrogen) atoms. The van der Waals surface area contributed by atoms with Gasteiger partial charge in [0, 0.05) is 24.2 Å². The summed E-state index contributed by atoms with van der Waals surface area (Å²) in [5, 5.41) is 3.14. The molecule has 9 nitrogen and oxygen atoms in total. The molecule has 212 valence electrons. The number of nitrogens with one attached hydrogen (secondary N) is 1. The SMILES string of the molecule is CCNC(=O)C(C)N(Cc1cccc(Cl)c1)C(=O)CN(c1ccc(F)cc1)S(=O)(=O)c1ccc2c(c1)OCCO2. The molecule has 1 unspecified atom stereocenters. The summed E-state index contributed by atoms with van der Waals surface area (Å²) in [6, 6.07) is 14.8. The number of benzene rings is 3. The first-order valence-electron chi connectivity index (χ1n) is 12.6. The number of ether oxygens (including phenoxy) is 2. The molecule has 0 spiro atoms. The highest BCUT2D eigenvalue weighted by molar-refractivity contribution is 7.92. The minimum atomic E-state index is -4.36. The van der Waals surface area contributed by atoms with E-state index in [1.807, 2.05) is 0 Å². The fraction of sp³-hybridized carbons (Fsp3) is 0.286. The molecule has 0 saturated heterocycles. The Hall–Kier alpha value is -3.83. The molecular weight excluding hydrogens is 561 g/mol. The Kier molecular flexibility index (Phi) is 9.16. The number of carbonyl (C=O) groups is 2. The van der Waals surface area contributed by atoms with E-state index >= 15 is 0 Å². The topological polar surface area (TPSA) is 105 Å². The summed E-state index contributed by atoms with van der Waals surface area (Å²) in [4.78, 5) is 27.7. The highest BCUT2D eigenvalue weighted by Gasteiger charge is 2.33. The highest BCUT2D eigenvalue weighted by atomic mass is 35.5. The van der Waals surface area contributed by atoms with Gasteiger partial charge < -0.3 is 19.7 Å². The lowest BCUT2D eigenvalue weighted by molar-refractivity contribution is -0.139. The molecule has 4 rings (SSSR count). The second kappa shape index (κ2) is 12.6. The van der Waals surface area contributed by atoms with Gasteiger partial charge in [-0.1, -0.05) is 23.7 Å². The van der Waals surface area contributed by atoms with Gasteiger partial charge in [-0.05, 0) is 67.9 Å². The molecule has 1 aliphatic heterocycles. The van der Waals surface area contributed by atoms with E-state index in [2.05, 4.69) is 5.32 Å². The molecule has 2 amide bonds. The quantitative estimate of drug-likeness (QED) is 0.383. The fourth-order valence-corrected chi connectivity index (χ4v) is 5.83. The Balaban J connectivity index is 1.72. The van der Waals surface area contributed by atoms with Crippen LogP contribution in [0.1, 0.15) is 19.4 Å². The molecule has 0 saturated carbocycles. The van der Waals surface area contributed by atoms with Crippen LogP contribution in [0.5, 0.6) is 11.5 Å². The third-order valence-corrected chi connectivity index (χ3v) is 8.26. The van der Waals surface area contributed by atoms with Gasteiger partial charge in [-0.25, -0.2) is 12.8 Å². The predicted molar refractivity (Wildman–Crippen MR) is 149 cm³/mol. The molecule has 1 N–H and O–H groups in total. The van der Waals surface area contributed by atoms with E-state index in [1.54, 1.807) is 38.1 Å². The van der Waals surface area contributed by atoms with Crippen molar-refractivity contribution in [3.05, 3.63) is 83.1 Å². The van der Waals surface area contributed by atoms with Crippen LogP contribution < -0.4 is 19.1 Å². The minimum Gasteiger partial charge on any atom is -0.486 e. The van der Waals surface area contributed by atoms with Crippen LogP contribution in [0, 0.1) is 5.82 Å². The summed E-state index contributed by atoms with van der Waals surface area (Å²) in [6.45, 7) is 3.59. The number of anilines is 1. The van der Waals surface area contributed by atoms with Gasteiger partial charge in [0.25, 0.3) is 10.0 Å². The first-order valence-corrected chi connectivity index (χ1v) is 14.4. The number of hydrogen-bond acceptors (Lipinski definition) is 6. The van der Waals surface area contributed by atoms with Gasteiger partial charge in [0.1, 0.15) is 31.6 Å². The van der Waals surface area contributed by atoms with E-state index in [4.69, 9.17) is 21.1 Å². The van der Waals surface area contributed by atoms with Gasteiger partial charge in [-0.3, -0.25) is 13.9 Å². The van der Waals surface area contributed by atoms with Gasteiger partial charge in [0.2, 0.25) is 11.8 Å².